The number of nitro benzene ring substituents is 1. The van der Waals surface area contributed by atoms with Gasteiger partial charge in [-0.1, -0.05) is 11.6 Å². The number of ether oxygens (including phenoxy) is 1. The molecular formula is C11H8ClN3O3. The largest absolute Gasteiger partial charge is 0.424 e. The number of hydrogen-bond acceptors (Lipinski definition) is 5. The highest BCUT2D eigenvalue weighted by atomic mass is 35.5. The van der Waals surface area contributed by atoms with Crippen LogP contribution in [0, 0.1) is 17.0 Å². The maximum atomic E-state index is 10.5. The molecule has 18 heavy (non-hydrogen) atoms. The number of aryl methyl sites for hydroxylation is 1. The van der Waals surface area contributed by atoms with Crippen LogP contribution in [-0.2, 0) is 0 Å². The summed E-state index contributed by atoms with van der Waals surface area (Å²) in [6.45, 7) is 1.78. The van der Waals surface area contributed by atoms with Crippen molar-refractivity contribution in [3.8, 4) is 11.8 Å². The molecule has 0 aliphatic rings. The number of non-ortho nitro benzene ring substituents is 1. The molecular weight excluding hydrogens is 258 g/mol. The highest BCUT2D eigenvalue weighted by Gasteiger charge is 2.07. The summed E-state index contributed by atoms with van der Waals surface area (Å²) in [5.74, 6) is 0.403. The molecule has 0 bridgehead atoms. The molecule has 0 saturated carbocycles. The first-order chi connectivity index (χ1) is 8.56. The van der Waals surface area contributed by atoms with E-state index in [9.17, 15) is 10.1 Å². The number of halogens is 1. The summed E-state index contributed by atoms with van der Waals surface area (Å²) >= 11 is 5.83. The van der Waals surface area contributed by atoms with Gasteiger partial charge >= 0.3 is 6.01 Å². The lowest BCUT2D eigenvalue weighted by molar-refractivity contribution is -0.384. The minimum absolute atomic E-state index is 0.00907. The van der Waals surface area contributed by atoms with Crippen molar-refractivity contribution in [2.24, 2.45) is 0 Å². The second kappa shape index (κ2) is 4.97. The highest BCUT2D eigenvalue weighted by Crippen LogP contribution is 2.22. The minimum Gasteiger partial charge on any atom is -0.424 e. The lowest BCUT2D eigenvalue weighted by Crippen LogP contribution is -1.94. The van der Waals surface area contributed by atoms with Gasteiger partial charge in [-0.05, 0) is 19.1 Å². The maximum Gasteiger partial charge on any atom is 0.323 e. The summed E-state index contributed by atoms with van der Waals surface area (Å²) in [5.41, 5.74) is 0.734. The van der Waals surface area contributed by atoms with Gasteiger partial charge < -0.3 is 4.74 Å². The number of nitrogens with zero attached hydrogens (tertiary/aromatic N) is 3. The van der Waals surface area contributed by atoms with Crippen molar-refractivity contribution in [1.82, 2.24) is 9.97 Å². The second-order valence-electron chi connectivity index (χ2n) is 3.48. The van der Waals surface area contributed by atoms with Crippen molar-refractivity contribution in [3.63, 3.8) is 0 Å². The molecule has 0 saturated heterocycles. The summed E-state index contributed by atoms with van der Waals surface area (Å²) in [4.78, 5) is 17.9. The second-order valence-corrected chi connectivity index (χ2v) is 3.84. The standard InChI is InChI=1S/C11H8ClN3O3/c1-7-6-13-11(14-10(7)12)18-9-4-2-8(3-5-9)15(16)17/h2-6H,1H3. The van der Waals surface area contributed by atoms with E-state index in [-0.39, 0.29) is 11.7 Å². The van der Waals surface area contributed by atoms with E-state index in [4.69, 9.17) is 16.3 Å². The van der Waals surface area contributed by atoms with Gasteiger partial charge in [0.2, 0.25) is 0 Å². The monoisotopic (exact) mass is 265 g/mol. The van der Waals surface area contributed by atoms with Gasteiger partial charge in [0.1, 0.15) is 10.9 Å². The molecule has 1 heterocycles. The Morgan fingerprint density at radius 1 is 1.33 bits per heavy atom. The van der Waals surface area contributed by atoms with E-state index in [0.29, 0.717) is 10.9 Å². The van der Waals surface area contributed by atoms with Crippen LogP contribution < -0.4 is 4.74 Å². The molecule has 7 heteroatoms. The molecule has 0 atom stereocenters. The van der Waals surface area contributed by atoms with Crippen LogP contribution in [0.4, 0.5) is 5.69 Å². The van der Waals surface area contributed by atoms with Gasteiger partial charge in [0, 0.05) is 23.9 Å². The van der Waals surface area contributed by atoms with Crippen LogP contribution in [0.15, 0.2) is 30.5 Å². The Balaban J connectivity index is 2.18. The molecule has 0 radical (unpaired) electrons. The highest BCUT2D eigenvalue weighted by molar-refractivity contribution is 6.30. The van der Waals surface area contributed by atoms with E-state index in [1.165, 1.54) is 30.5 Å². The molecule has 0 fully saturated rings. The minimum atomic E-state index is -0.483. The molecule has 1 aromatic carbocycles. The number of hydrogen-bond donors (Lipinski definition) is 0. The average molecular weight is 266 g/mol. The lowest BCUT2D eigenvalue weighted by atomic mass is 10.3. The molecule has 0 unspecified atom stereocenters. The third-order valence-electron chi connectivity index (χ3n) is 2.14. The zero-order chi connectivity index (χ0) is 13.1. The number of aromatic nitrogens is 2. The third-order valence-corrected chi connectivity index (χ3v) is 2.53. The summed E-state index contributed by atoms with van der Waals surface area (Å²) in [6.07, 6.45) is 1.54. The SMILES string of the molecule is Cc1cnc(Oc2ccc([N+](=O)[O-])cc2)nc1Cl. The van der Waals surface area contributed by atoms with Gasteiger partial charge in [-0.15, -0.1) is 0 Å². The average Bonchev–Trinajstić information content (AvgIpc) is 2.34. The first-order valence-electron chi connectivity index (χ1n) is 4.98. The van der Waals surface area contributed by atoms with E-state index in [1.807, 2.05) is 0 Å². The summed E-state index contributed by atoms with van der Waals surface area (Å²) in [6, 6.07) is 5.71. The Labute approximate surface area is 107 Å². The fourth-order valence-corrected chi connectivity index (χ4v) is 1.32. The van der Waals surface area contributed by atoms with Crippen LogP contribution in [0.3, 0.4) is 0 Å². The summed E-state index contributed by atoms with van der Waals surface area (Å²) < 4.78 is 5.32. The van der Waals surface area contributed by atoms with Crippen molar-refractivity contribution in [3.05, 3.63) is 51.3 Å². The number of rotatable bonds is 3. The molecule has 0 aliphatic heterocycles. The maximum absolute atomic E-state index is 10.5. The Bertz CT molecular complexity index is 587. The van der Waals surface area contributed by atoms with Gasteiger partial charge in [-0.2, -0.15) is 4.98 Å². The number of nitro groups is 1. The quantitative estimate of drug-likeness (QED) is 0.484. The zero-order valence-corrected chi connectivity index (χ0v) is 10.1. The van der Waals surface area contributed by atoms with Crippen LogP contribution in [0.1, 0.15) is 5.56 Å². The van der Waals surface area contributed by atoms with E-state index >= 15 is 0 Å². The van der Waals surface area contributed by atoms with Gasteiger partial charge in [-0.25, -0.2) is 4.98 Å². The molecule has 0 amide bonds. The van der Waals surface area contributed by atoms with E-state index in [1.54, 1.807) is 6.92 Å². The third kappa shape index (κ3) is 2.72. The van der Waals surface area contributed by atoms with Crippen molar-refractivity contribution in [2.45, 2.75) is 6.92 Å². The molecule has 0 spiro atoms. The number of benzene rings is 1. The fourth-order valence-electron chi connectivity index (χ4n) is 1.20. The predicted octanol–water partition coefficient (Wildman–Crippen LogP) is 3.14. The zero-order valence-electron chi connectivity index (χ0n) is 9.33. The normalized spacial score (nSPS) is 10.1. The Hall–Kier alpha value is -2.21. The molecule has 0 aliphatic carbocycles. The van der Waals surface area contributed by atoms with Crippen molar-refractivity contribution in [1.29, 1.82) is 0 Å². The van der Waals surface area contributed by atoms with Gasteiger partial charge in [0.05, 0.1) is 4.92 Å². The first kappa shape index (κ1) is 12.3. The van der Waals surface area contributed by atoms with Crippen molar-refractivity contribution >= 4 is 17.3 Å². The molecule has 2 rings (SSSR count). The van der Waals surface area contributed by atoms with Crippen LogP contribution in [0.5, 0.6) is 11.8 Å². The lowest BCUT2D eigenvalue weighted by Gasteiger charge is -2.04. The van der Waals surface area contributed by atoms with E-state index in [0.717, 1.165) is 5.56 Å². The van der Waals surface area contributed by atoms with Crippen LogP contribution in [0.25, 0.3) is 0 Å². The van der Waals surface area contributed by atoms with Gasteiger partial charge in [0.15, 0.2) is 0 Å². The smallest absolute Gasteiger partial charge is 0.323 e. The van der Waals surface area contributed by atoms with Gasteiger partial charge in [-0.3, -0.25) is 10.1 Å². The molecule has 6 nitrogen and oxygen atoms in total. The topological polar surface area (TPSA) is 78.2 Å². The van der Waals surface area contributed by atoms with Crippen molar-refractivity contribution in [2.75, 3.05) is 0 Å². The Morgan fingerprint density at radius 2 is 2.00 bits per heavy atom. The Kier molecular flexibility index (Phi) is 3.38. The first-order valence-corrected chi connectivity index (χ1v) is 5.35. The fraction of sp³-hybridized carbons (Fsp3) is 0.0909. The van der Waals surface area contributed by atoms with Crippen LogP contribution in [0.2, 0.25) is 5.15 Å². The molecule has 1 aromatic heterocycles. The predicted molar refractivity (Wildman–Crippen MR) is 64.9 cm³/mol. The van der Waals surface area contributed by atoms with Crippen LogP contribution >= 0.6 is 11.6 Å². The van der Waals surface area contributed by atoms with E-state index in [2.05, 4.69) is 9.97 Å². The van der Waals surface area contributed by atoms with E-state index < -0.39 is 4.92 Å². The van der Waals surface area contributed by atoms with Gasteiger partial charge in [0.25, 0.3) is 5.69 Å². The molecule has 92 valence electrons. The molecule has 2 aromatic rings. The summed E-state index contributed by atoms with van der Waals surface area (Å²) in [7, 11) is 0. The summed E-state index contributed by atoms with van der Waals surface area (Å²) in [5, 5.41) is 10.8. The van der Waals surface area contributed by atoms with Crippen molar-refractivity contribution < 1.29 is 9.66 Å². The Morgan fingerprint density at radius 3 is 2.56 bits per heavy atom. The van der Waals surface area contributed by atoms with Crippen LogP contribution in [-0.4, -0.2) is 14.9 Å². The molecule has 0 N–H and O–H groups in total.